The van der Waals surface area contributed by atoms with Crippen LogP contribution in [0.3, 0.4) is 0 Å². The van der Waals surface area contributed by atoms with Gasteiger partial charge in [-0.25, -0.2) is 4.79 Å². The largest absolute Gasteiger partial charge is 0.350 e. The molecule has 1 saturated carbocycles. The highest BCUT2D eigenvalue weighted by Gasteiger charge is 2.29. The summed E-state index contributed by atoms with van der Waals surface area (Å²) in [6.45, 7) is 7.36. The van der Waals surface area contributed by atoms with Gasteiger partial charge in [0, 0.05) is 22.8 Å². The van der Waals surface area contributed by atoms with Crippen molar-refractivity contribution in [2.75, 3.05) is 17.2 Å². The fourth-order valence-electron chi connectivity index (χ4n) is 2.21. The van der Waals surface area contributed by atoms with E-state index < -0.39 is 6.03 Å². The van der Waals surface area contributed by atoms with Gasteiger partial charge in [0.05, 0.1) is 6.54 Å². The third-order valence-electron chi connectivity index (χ3n) is 3.63. The standard InChI is InChI=1S/C18H26N4O3/c1-11-5-8-13(20-16(24)12-6-7-12)9-14(11)21-17(25)19-10-15(23)22-18(2,3)4/h5,8-9,12H,6-7,10H2,1-4H3,(H,20,24)(H,22,23)(H2,19,21,25). The molecule has 1 aliphatic carbocycles. The summed E-state index contributed by atoms with van der Waals surface area (Å²) >= 11 is 0. The van der Waals surface area contributed by atoms with Gasteiger partial charge in [0.25, 0.3) is 0 Å². The van der Waals surface area contributed by atoms with Crippen LogP contribution in [0.1, 0.15) is 39.2 Å². The molecule has 1 aromatic carbocycles. The number of hydrogen-bond acceptors (Lipinski definition) is 3. The van der Waals surface area contributed by atoms with Crippen LogP contribution in [0.25, 0.3) is 0 Å². The maximum absolute atomic E-state index is 12.0. The van der Waals surface area contributed by atoms with Crippen molar-refractivity contribution >= 4 is 29.2 Å². The summed E-state index contributed by atoms with van der Waals surface area (Å²) in [7, 11) is 0. The molecule has 0 saturated heterocycles. The van der Waals surface area contributed by atoms with E-state index in [2.05, 4.69) is 21.3 Å². The van der Waals surface area contributed by atoms with Crippen molar-refractivity contribution in [1.82, 2.24) is 10.6 Å². The van der Waals surface area contributed by atoms with Crippen molar-refractivity contribution in [1.29, 1.82) is 0 Å². The van der Waals surface area contributed by atoms with Crippen molar-refractivity contribution < 1.29 is 14.4 Å². The van der Waals surface area contributed by atoms with Gasteiger partial charge in [0.2, 0.25) is 11.8 Å². The Morgan fingerprint density at radius 2 is 1.80 bits per heavy atom. The Morgan fingerprint density at radius 1 is 1.12 bits per heavy atom. The Morgan fingerprint density at radius 3 is 2.40 bits per heavy atom. The first-order valence-corrected chi connectivity index (χ1v) is 8.41. The molecule has 0 spiro atoms. The van der Waals surface area contributed by atoms with E-state index >= 15 is 0 Å². The Labute approximate surface area is 147 Å². The van der Waals surface area contributed by atoms with Crippen molar-refractivity contribution in [3.63, 3.8) is 0 Å². The van der Waals surface area contributed by atoms with Crippen LogP contribution >= 0.6 is 0 Å². The van der Waals surface area contributed by atoms with Crippen molar-refractivity contribution in [3.8, 4) is 0 Å². The molecule has 0 bridgehead atoms. The first kappa shape index (κ1) is 18.8. The number of carbonyl (C=O) groups is 3. The number of amides is 4. The van der Waals surface area contributed by atoms with Gasteiger partial charge in [-0.1, -0.05) is 6.07 Å². The number of carbonyl (C=O) groups excluding carboxylic acids is 3. The predicted molar refractivity (Wildman–Crippen MR) is 97.4 cm³/mol. The van der Waals surface area contributed by atoms with Crippen molar-refractivity contribution in [2.45, 2.75) is 46.1 Å². The third kappa shape index (κ3) is 6.45. The van der Waals surface area contributed by atoms with Gasteiger partial charge in [0.1, 0.15) is 0 Å². The lowest BCUT2D eigenvalue weighted by atomic mass is 10.1. The van der Waals surface area contributed by atoms with Crippen molar-refractivity contribution in [3.05, 3.63) is 23.8 Å². The minimum atomic E-state index is -0.474. The van der Waals surface area contributed by atoms with Crippen LogP contribution in [0.2, 0.25) is 0 Å². The van der Waals surface area contributed by atoms with Gasteiger partial charge in [0.15, 0.2) is 0 Å². The summed E-state index contributed by atoms with van der Waals surface area (Å²) in [6.07, 6.45) is 1.86. The Kier molecular flexibility index (Phi) is 5.66. The molecule has 2 rings (SSSR count). The minimum absolute atomic E-state index is 0.0121. The smallest absolute Gasteiger partial charge is 0.319 e. The van der Waals surface area contributed by atoms with E-state index in [0.29, 0.717) is 11.4 Å². The van der Waals surface area contributed by atoms with E-state index in [1.54, 1.807) is 12.1 Å². The van der Waals surface area contributed by atoms with E-state index in [-0.39, 0.29) is 29.8 Å². The fourth-order valence-corrected chi connectivity index (χ4v) is 2.21. The molecule has 7 heteroatoms. The summed E-state index contributed by atoms with van der Waals surface area (Å²) in [5, 5.41) is 10.8. The summed E-state index contributed by atoms with van der Waals surface area (Å²) < 4.78 is 0. The summed E-state index contributed by atoms with van der Waals surface area (Å²) in [4.78, 5) is 35.6. The molecular formula is C18H26N4O3. The lowest BCUT2D eigenvalue weighted by Gasteiger charge is -2.20. The molecule has 0 atom stereocenters. The maximum Gasteiger partial charge on any atom is 0.319 e. The van der Waals surface area contributed by atoms with Crippen molar-refractivity contribution in [2.24, 2.45) is 5.92 Å². The summed E-state index contributed by atoms with van der Waals surface area (Å²) in [6, 6.07) is 4.86. The molecule has 0 unspecified atom stereocenters. The molecule has 1 aliphatic rings. The lowest BCUT2D eigenvalue weighted by molar-refractivity contribution is -0.121. The molecular weight excluding hydrogens is 320 g/mol. The van der Waals surface area contributed by atoms with Gasteiger partial charge < -0.3 is 21.3 Å². The third-order valence-corrected chi connectivity index (χ3v) is 3.63. The van der Waals surface area contributed by atoms with Gasteiger partial charge in [-0.3, -0.25) is 9.59 Å². The zero-order valence-corrected chi connectivity index (χ0v) is 15.2. The maximum atomic E-state index is 12.0. The van der Waals surface area contributed by atoms with Gasteiger partial charge in [-0.2, -0.15) is 0 Å². The van der Waals surface area contributed by atoms with E-state index in [1.807, 2.05) is 33.8 Å². The number of anilines is 2. The lowest BCUT2D eigenvalue weighted by Crippen LogP contribution is -2.46. The van der Waals surface area contributed by atoms with Crippen LogP contribution < -0.4 is 21.3 Å². The molecule has 0 aliphatic heterocycles. The van der Waals surface area contributed by atoms with Crippen LogP contribution in [0.5, 0.6) is 0 Å². The van der Waals surface area contributed by atoms with Crippen LogP contribution in [0.4, 0.5) is 16.2 Å². The molecule has 1 aromatic rings. The monoisotopic (exact) mass is 346 g/mol. The minimum Gasteiger partial charge on any atom is -0.350 e. The molecule has 136 valence electrons. The van der Waals surface area contributed by atoms with Crippen LogP contribution in [0, 0.1) is 12.8 Å². The Balaban J connectivity index is 1.88. The zero-order valence-electron chi connectivity index (χ0n) is 15.2. The molecule has 0 aromatic heterocycles. The fraction of sp³-hybridized carbons (Fsp3) is 0.500. The summed E-state index contributed by atoms with van der Waals surface area (Å²) in [5.74, 6) is -0.134. The number of nitrogens with one attached hydrogen (secondary N) is 4. The first-order valence-electron chi connectivity index (χ1n) is 8.41. The van der Waals surface area contributed by atoms with Crippen LogP contribution in [-0.4, -0.2) is 29.9 Å². The van der Waals surface area contributed by atoms with E-state index in [1.165, 1.54) is 0 Å². The molecule has 4 N–H and O–H groups in total. The van der Waals surface area contributed by atoms with E-state index in [4.69, 9.17) is 0 Å². The van der Waals surface area contributed by atoms with Crippen LogP contribution in [-0.2, 0) is 9.59 Å². The van der Waals surface area contributed by atoms with Gasteiger partial charge in [-0.05, 0) is 58.2 Å². The second-order valence-corrected chi connectivity index (χ2v) is 7.40. The molecule has 7 nitrogen and oxygen atoms in total. The first-order chi connectivity index (χ1) is 11.6. The number of hydrogen-bond donors (Lipinski definition) is 4. The number of urea groups is 1. The molecule has 0 heterocycles. The topological polar surface area (TPSA) is 99.3 Å². The SMILES string of the molecule is Cc1ccc(NC(=O)C2CC2)cc1NC(=O)NCC(=O)NC(C)(C)C. The summed E-state index contributed by atoms with van der Waals surface area (Å²) in [5.41, 5.74) is 1.74. The Hall–Kier alpha value is -2.57. The zero-order chi connectivity index (χ0) is 18.6. The highest BCUT2D eigenvalue weighted by molar-refractivity contribution is 5.96. The number of aryl methyl sites for hydroxylation is 1. The molecule has 1 fully saturated rings. The normalized spacial score (nSPS) is 13.8. The van der Waals surface area contributed by atoms with Crippen LogP contribution in [0.15, 0.2) is 18.2 Å². The van der Waals surface area contributed by atoms with E-state index in [9.17, 15) is 14.4 Å². The second-order valence-electron chi connectivity index (χ2n) is 7.40. The second kappa shape index (κ2) is 7.55. The molecule has 4 amide bonds. The van der Waals surface area contributed by atoms with Gasteiger partial charge >= 0.3 is 6.03 Å². The highest BCUT2D eigenvalue weighted by atomic mass is 16.2. The highest BCUT2D eigenvalue weighted by Crippen LogP contribution is 2.30. The molecule has 25 heavy (non-hydrogen) atoms. The average Bonchev–Trinajstić information content (AvgIpc) is 3.31. The number of benzene rings is 1. The quantitative estimate of drug-likeness (QED) is 0.659. The van der Waals surface area contributed by atoms with Gasteiger partial charge in [-0.15, -0.1) is 0 Å². The number of rotatable bonds is 5. The Bertz CT molecular complexity index is 675. The molecule has 0 radical (unpaired) electrons. The van der Waals surface area contributed by atoms with E-state index in [0.717, 1.165) is 18.4 Å². The average molecular weight is 346 g/mol. The predicted octanol–water partition coefficient (Wildman–Crippen LogP) is 2.38.